The number of amides is 8. The van der Waals surface area contributed by atoms with Crippen LogP contribution in [0.1, 0.15) is 54.1 Å². The molecule has 2 aromatic heterocycles. The second-order valence-corrected chi connectivity index (χ2v) is 16.1. The Morgan fingerprint density at radius 3 is 1.14 bits per heavy atom. The van der Waals surface area contributed by atoms with Crippen LogP contribution < -0.4 is 31.1 Å². The van der Waals surface area contributed by atoms with Crippen LogP contribution in [0, 0.1) is 27.7 Å². The molecule has 4 aliphatic heterocycles. The molecule has 336 valence electrons. The number of aryl methyl sites for hydroxylation is 4. The van der Waals surface area contributed by atoms with Crippen molar-refractivity contribution in [1.82, 2.24) is 41.0 Å². The molecule has 2 atom stereocenters. The number of urea groups is 2. The molecule has 0 radical (unpaired) electrons. The summed E-state index contributed by atoms with van der Waals surface area (Å²) in [5.74, 6) is -0.880. The Morgan fingerprint density at radius 2 is 0.875 bits per heavy atom. The van der Waals surface area contributed by atoms with Crippen LogP contribution in [0.5, 0.6) is 0 Å². The molecule has 4 fully saturated rings. The second-order valence-electron chi connectivity index (χ2n) is 16.1. The summed E-state index contributed by atoms with van der Waals surface area (Å²) in [6.45, 7) is 12.5. The molecule has 0 unspecified atom stereocenters. The minimum atomic E-state index is -3.15. The molecular weight excluding hydrogens is 841 g/mol. The van der Waals surface area contributed by atoms with E-state index in [-0.39, 0.29) is 22.9 Å². The molecule has 0 bridgehead atoms. The average Bonchev–Trinajstić information content (AvgIpc) is 3.77. The summed E-state index contributed by atoms with van der Waals surface area (Å²) in [7, 11) is 0. The van der Waals surface area contributed by atoms with Crippen molar-refractivity contribution < 1.29 is 46.3 Å². The Morgan fingerprint density at radius 1 is 0.547 bits per heavy atom. The van der Waals surface area contributed by atoms with E-state index in [1.54, 1.807) is 9.80 Å². The van der Waals surface area contributed by atoms with Gasteiger partial charge < -0.3 is 30.2 Å². The maximum absolute atomic E-state index is 13.7. The van der Waals surface area contributed by atoms with E-state index in [1.807, 2.05) is 61.4 Å². The van der Waals surface area contributed by atoms with Crippen molar-refractivity contribution in [3.8, 4) is 0 Å². The summed E-state index contributed by atoms with van der Waals surface area (Å²) in [5.41, 5.74) is -0.101. The van der Waals surface area contributed by atoms with Gasteiger partial charge in [-0.25, -0.2) is 37.1 Å². The summed E-state index contributed by atoms with van der Waals surface area (Å²) >= 11 is 0. The highest BCUT2D eigenvalue weighted by Crippen LogP contribution is 2.34. The first-order valence-electron chi connectivity index (χ1n) is 20.4. The van der Waals surface area contributed by atoms with Gasteiger partial charge in [0.25, 0.3) is 36.5 Å². The lowest BCUT2D eigenvalue weighted by molar-refractivity contribution is -0.131. The predicted octanol–water partition coefficient (Wildman–Crippen LogP) is 3.92. The first-order chi connectivity index (χ1) is 30.4. The van der Waals surface area contributed by atoms with Crippen LogP contribution in [-0.4, -0.2) is 121 Å². The molecule has 4 saturated heterocycles. The third-order valence-electron chi connectivity index (χ3n) is 11.7. The zero-order valence-corrected chi connectivity index (χ0v) is 35.4. The summed E-state index contributed by atoms with van der Waals surface area (Å²) in [6.07, 6.45) is -2.66. The van der Waals surface area contributed by atoms with Crippen LogP contribution >= 0.6 is 0 Å². The predicted molar refractivity (Wildman–Crippen MR) is 225 cm³/mol. The molecule has 16 nitrogen and oxygen atoms in total. The number of anilines is 2. The molecule has 4 aromatic rings. The van der Waals surface area contributed by atoms with Gasteiger partial charge in [-0.1, -0.05) is 36.4 Å². The summed E-state index contributed by atoms with van der Waals surface area (Å²) < 4.78 is 54.9. The third-order valence-corrected chi connectivity index (χ3v) is 11.7. The average molecular weight is 887 g/mol. The number of aromatic nitrogens is 2. The van der Waals surface area contributed by atoms with E-state index in [0.29, 0.717) is 63.5 Å². The number of carbonyl (C=O) groups is 6. The van der Waals surface area contributed by atoms with Gasteiger partial charge in [-0.3, -0.25) is 29.8 Å². The number of rotatable bonds is 8. The van der Waals surface area contributed by atoms with E-state index >= 15 is 0 Å². The van der Waals surface area contributed by atoms with Crippen LogP contribution in [-0.2, 0) is 20.7 Å². The highest BCUT2D eigenvalue weighted by atomic mass is 19.3. The van der Waals surface area contributed by atoms with Crippen LogP contribution in [0.2, 0.25) is 0 Å². The van der Waals surface area contributed by atoms with Crippen molar-refractivity contribution in [2.75, 3.05) is 62.2 Å². The van der Waals surface area contributed by atoms with Crippen molar-refractivity contribution in [3.05, 3.63) is 118 Å². The molecule has 64 heavy (non-hydrogen) atoms. The second kappa shape index (κ2) is 17.9. The maximum atomic E-state index is 13.7. The lowest BCUT2D eigenvalue weighted by atomic mass is 9.89. The van der Waals surface area contributed by atoms with Gasteiger partial charge >= 0.3 is 12.1 Å². The first-order valence-corrected chi connectivity index (χ1v) is 20.4. The molecule has 4 N–H and O–H groups in total. The van der Waals surface area contributed by atoms with Crippen molar-refractivity contribution >= 4 is 47.3 Å². The smallest absolute Gasteiger partial charge is 0.322 e. The van der Waals surface area contributed by atoms with Crippen LogP contribution in [0.3, 0.4) is 0 Å². The Kier molecular flexibility index (Phi) is 12.6. The van der Waals surface area contributed by atoms with Crippen LogP contribution in [0.25, 0.3) is 0 Å². The highest BCUT2D eigenvalue weighted by molar-refractivity contribution is 6.08. The lowest BCUT2D eigenvalue weighted by Gasteiger charge is -2.36. The number of carbonyl (C=O) groups excluding carboxylic acids is 6. The SMILES string of the molecule is Cc1cnc(N2CCN(C(=O)c3ccc([C@@]4(C(F)F)NC(=O)NC4=O)cc3)CC2)c(C)c1.Cc1cnc(N2CCN(C(=O)c3ccc([C@]4(C(F)F)NC(=O)NC4=O)cc3)CC2)c(C)c1. The zero-order valence-electron chi connectivity index (χ0n) is 35.4. The zero-order chi connectivity index (χ0) is 46.1. The third kappa shape index (κ3) is 8.50. The van der Waals surface area contributed by atoms with E-state index < -0.39 is 47.8 Å². The van der Waals surface area contributed by atoms with Gasteiger partial charge in [0.2, 0.25) is 11.1 Å². The molecule has 8 rings (SSSR count). The molecule has 0 saturated carbocycles. The normalized spacial score (nSPS) is 21.0. The van der Waals surface area contributed by atoms with Gasteiger partial charge in [0.1, 0.15) is 11.6 Å². The highest BCUT2D eigenvalue weighted by Gasteiger charge is 2.56. The minimum absolute atomic E-state index is 0.0851. The van der Waals surface area contributed by atoms with E-state index in [1.165, 1.54) is 48.5 Å². The fourth-order valence-electron chi connectivity index (χ4n) is 8.34. The van der Waals surface area contributed by atoms with Gasteiger partial charge in [-0.2, -0.15) is 0 Å². The van der Waals surface area contributed by atoms with Crippen molar-refractivity contribution in [2.45, 2.75) is 51.6 Å². The molecule has 20 heteroatoms. The van der Waals surface area contributed by atoms with Gasteiger partial charge in [-0.15, -0.1) is 0 Å². The molecule has 0 aliphatic carbocycles. The Hall–Kier alpha value is -7.12. The Balaban J connectivity index is 0.000000191. The van der Waals surface area contributed by atoms with E-state index in [9.17, 15) is 46.3 Å². The fourth-order valence-corrected chi connectivity index (χ4v) is 8.34. The molecule has 6 heterocycles. The van der Waals surface area contributed by atoms with Crippen LogP contribution in [0.15, 0.2) is 73.1 Å². The monoisotopic (exact) mass is 886 g/mol. The van der Waals surface area contributed by atoms with E-state index in [2.05, 4.69) is 31.9 Å². The summed E-state index contributed by atoms with van der Waals surface area (Å²) in [6, 6.07) is 12.9. The number of nitrogens with one attached hydrogen (secondary N) is 4. The van der Waals surface area contributed by atoms with Gasteiger partial charge in [0.15, 0.2) is 0 Å². The lowest BCUT2D eigenvalue weighted by Crippen LogP contribution is -2.50. The standard InChI is InChI=1S/2C22H23F2N5O3/c2*1-13-11-14(2)17(25-12-13)28-7-9-29(10-8-28)18(30)15-3-5-16(6-4-15)22(19(23)24)20(31)26-21(32)27-22/h2*3-6,11-12,19H,7-10H2,1-2H3,(H2,26,27,31,32)/t2*22-/m10/s1. The minimum Gasteiger partial charge on any atom is -0.353 e. The number of hydrogen-bond acceptors (Lipinski definition) is 10. The van der Waals surface area contributed by atoms with Crippen molar-refractivity contribution in [1.29, 1.82) is 0 Å². The number of benzene rings is 2. The van der Waals surface area contributed by atoms with Crippen molar-refractivity contribution in [3.63, 3.8) is 0 Å². The molecule has 8 amide bonds. The first kappa shape index (κ1) is 44.9. The molecule has 2 aromatic carbocycles. The Bertz CT molecular complexity index is 2310. The number of halogens is 4. The maximum Gasteiger partial charge on any atom is 0.322 e. The van der Waals surface area contributed by atoms with Gasteiger partial charge in [0.05, 0.1) is 0 Å². The molecule has 4 aliphatic rings. The number of piperazine rings is 2. The molecular formula is C44H46F4N10O6. The Labute approximate surface area is 365 Å². The number of alkyl halides is 4. The van der Waals surface area contributed by atoms with Crippen molar-refractivity contribution in [2.24, 2.45) is 0 Å². The quantitative estimate of drug-likeness (QED) is 0.149. The summed E-state index contributed by atoms with van der Waals surface area (Å²) in [5, 5.41) is 7.73. The topological polar surface area (TPSA) is 189 Å². The van der Waals surface area contributed by atoms with Gasteiger partial charge in [-0.05, 0) is 85.3 Å². The van der Waals surface area contributed by atoms with Crippen LogP contribution in [0.4, 0.5) is 38.8 Å². The fraction of sp³-hybridized carbons (Fsp3) is 0.364. The summed E-state index contributed by atoms with van der Waals surface area (Å²) in [4.78, 5) is 89.5. The molecule has 0 spiro atoms. The number of nitrogens with zero attached hydrogens (tertiary/aromatic N) is 6. The number of hydrogen-bond donors (Lipinski definition) is 4. The van der Waals surface area contributed by atoms with E-state index in [0.717, 1.165) is 33.9 Å². The number of imide groups is 2. The number of pyridine rings is 2. The van der Waals surface area contributed by atoms with Gasteiger partial charge in [0, 0.05) is 75.9 Å². The van der Waals surface area contributed by atoms with E-state index in [4.69, 9.17) is 0 Å². The largest absolute Gasteiger partial charge is 0.353 e.